The smallest absolute Gasteiger partial charge is 0.409 e. The van der Waals surface area contributed by atoms with E-state index in [9.17, 15) is 4.79 Å². The number of anilines is 1. The molecular formula is C16H23N3O4S. The van der Waals surface area contributed by atoms with Gasteiger partial charge in [0.05, 0.1) is 26.5 Å². The van der Waals surface area contributed by atoms with Gasteiger partial charge in [0.25, 0.3) is 0 Å². The first-order valence-corrected chi connectivity index (χ1v) is 8.19. The van der Waals surface area contributed by atoms with Crippen LogP contribution in [0.3, 0.4) is 0 Å². The number of piperazine rings is 1. The van der Waals surface area contributed by atoms with Gasteiger partial charge in [-0.1, -0.05) is 0 Å². The van der Waals surface area contributed by atoms with Gasteiger partial charge in [0.2, 0.25) is 0 Å². The van der Waals surface area contributed by atoms with Crippen LogP contribution in [-0.2, 0) is 4.74 Å². The van der Waals surface area contributed by atoms with Gasteiger partial charge in [-0.15, -0.1) is 0 Å². The minimum absolute atomic E-state index is 0.271. The number of methoxy groups -OCH3 is 2. The van der Waals surface area contributed by atoms with Crippen molar-refractivity contribution in [1.82, 2.24) is 9.80 Å². The summed E-state index contributed by atoms with van der Waals surface area (Å²) in [6.07, 6.45) is -0.271. The van der Waals surface area contributed by atoms with E-state index >= 15 is 0 Å². The minimum atomic E-state index is -0.271. The topological polar surface area (TPSA) is 63.3 Å². The minimum Gasteiger partial charge on any atom is -0.497 e. The Balaban J connectivity index is 1.93. The molecule has 0 saturated carbocycles. The van der Waals surface area contributed by atoms with Gasteiger partial charge in [0.1, 0.15) is 11.5 Å². The highest BCUT2D eigenvalue weighted by atomic mass is 32.1. The molecule has 0 spiro atoms. The summed E-state index contributed by atoms with van der Waals surface area (Å²) in [5.41, 5.74) is 0.774. The van der Waals surface area contributed by atoms with E-state index in [2.05, 4.69) is 5.32 Å². The van der Waals surface area contributed by atoms with Crippen molar-refractivity contribution in [3.63, 3.8) is 0 Å². The van der Waals surface area contributed by atoms with E-state index in [0.717, 1.165) is 5.69 Å². The molecule has 0 unspecified atom stereocenters. The molecule has 2 rings (SSSR count). The highest BCUT2D eigenvalue weighted by Gasteiger charge is 2.23. The van der Waals surface area contributed by atoms with Crippen LogP contribution in [-0.4, -0.2) is 68.0 Å². The molecule has 1 aliphatic rings. The normalized spacial score (nSPS) is 14.1. The molecule has 1 aromatic rings. The van der Waals surface area contributed by atoms with E-state index in [4.69, 9.17) is 26.4 Å². The van der Waals surface area contributed by atoms with Crippen LogP contribution in [0, 0.1) is 0 Å². The summed E-state index contributed by atoms with van der Waals surface area (Å²) in [7, 11) is 3.21. The lowest BCUT2D eigenvalue weighted by molar-refractivity contribution is 0.0923. The molecule has 1 heterocycles. The van der Waals surface area contributed by atoms with Crippen molar-refractivity contribution >= 4 is 29.1 Å². The number of benzene rings is 1. The molecule has 0 radical (unpaired) electrons. The second-order valence-corrected chi connectivity index (χ2v) is 5.56. The molecule has 1 aromatic carbocycles. The van der Waals surface area contributed by atoms with E-state index in [1.54, 1.807) is 32.1 Å². The molecule has 1 N–H and O–H groups in total. The molecule has 0 atom stereocenters. The van der Waals surface area contributed by atoms with Crippen molar-refractivity contribution in [3.8, 4) is 11.5 Å². The van der Waals surface area contributed by atoms with Gasteiger partial charge in [-0.05, 0) is 31.3 Å². The van der Waals surface area contributed by atoms with E-state index < -0.39 is 0 Å². The third-order valence-electron chi connectivity index (χ3n) is 3.74. The van der Waals surface area contributed by atoms with Gasteiger partial charge in [0.15, 0.2) is 5.11 Å². The maximum Gasteiger partial charge on any atom is 0.409 e. The Morgan fingerprint density at radius 1 is 1.17 bits per heavy atom. The summed E-state index contributed by atoms with van der Waals surface area (Å²) in [5.74, 6) is 1.37. The maximum atomic E-state index is 11.7. The Kier molecular flexibility index (Phi) is 6.48. The second-order valence-electron chi connectivity index (χ2n) is 5.17. The fourth-order valence-electron chi connectivity index (χ4n) is 2.40. The zero-order valence-corrected chi connectivity index (χ0v) is 15.0. The Labute approximate surface area is 147 Å². The fourth-order valence-corrected chi connectivity index (χ4v) is 2.70. The molecule has 0 bridgehead atoms. The van der Waals surface area contributed by atoms with Crippen molar-refractivity contribution < 1.29 is 19.0 Å². The number of carbonyl (C=O) groups excluding carboxylic acids is 1. The average Bonchev–Trinajstić information content (AvgIpc) is 2.62. The third kappa shape index (κ3) is 4.41. The van der Waals surface area contributed by atoms with Gasteiger partial charge >= 0.3 is 6.09 Å². The first kappa shape index (κ1) is 18.1. The van der Waals surface area contributed by atoms with Crippen LogP contribution in [0.2, 0.25) is 0 Å². The Bertz CT molecular complexity index is 589. The summed E-state index contributed by atoms with van der Waals surface area (Å²) in [4.78, 5) is 15.4. The molecule has 1 saturated heterocycles. The number of rotatable bonds is 4. The predicted molar refractivity (Wildman–Crippen MR) is 95.9 cm³/mol. The van der Waals surface area contributed by atoms with Crippen LogP contribution in [0.4, 0.5) is 10.5 Å². The van der Waals surface area contributed by atoms with E-state index in [0.29, 0.717) is 49.4 Å². The van der Waals surface area contributed by atoms with Crippen molar-refractivity contribution in [3.05, 3.63) is 18.2 Å². The lowest BCUT2D eigenvalue weighted by Gasteiger charge is -2.35. The van der Waals surface area contributed by atoms with Crippen LogP contribution in [0.5, 0.6) is 11.5 Å². The van der Waals surface area contributed by atoms with Crippen LogP contribution >= 0.6 is 12.2 Å². The largest absolute Gasteiger partial charge is 0.497 e. The van der Waals surface area contributed by atoms with Gasteiger partial charge in [-0.2, -0.15) is 0 Å². The van der Waals surface area contributed by atoms with Gasteiger partial charge < -0.3 is 29.3 Å². The van der Waals surface area contributed by atoms with Crippen molar-refractivity contribution in [2.45, 2.75) is 6.92 Å². The molecule has 8 heteroatoms. The number of thiocarbonyl (C=S) groups is 1. The molecule has 0 aliphatic carbocycles. The van der Waals surface area contributed by atoms with Crippen molar-refractivity contribution in [2.24, 2.45) is 0 Å². The number of nitrogens with one attached hydrogen (secondary N) is 1. The number of nitrogens with zero attached hydrogens (tertiary/aromatic N) is 2. The first-order chi connectivity index (χ1) is 11.6. The Morgan fingerprint density at radius 2 is 1.83 bits per heavy atom. The number of hydrogen-bond acceptors (Lipinski definition) is 5. The maximum absolute atomic E-state index is 11.7. The number of ether oxygens (including phenoxy) is 3. The van der Waals surface area contributed by atoms with Gasteiger partial charge in [-0.3, -0.25) is 0 Å². The van der Waals surface area contributed by atoms with E-state index in [1.807, 2.05) is 17.0 Å². The van der Waals surface area contributed by atoms with Gasteiger partial charge in [-0.25, -0.2) is 4.79 Å². The molecule has 24 heavy (non-hydrogen) atoms. The lowest BCUT2D eigenvalue weighted by Crippen LogP contribution is -2.51. The molecule has 1 fully saturated rings. The molecule has 1 amide bonds. The zero-order valence-electron chi connectivity index (χ0n) is 14.2. The average molecular weight is 353 g/mol. The highest BCUT2D eigenvalue weighted by molar-refractivity contribution is 7.80. The van der Waals surface area contributed by atoms with E-state index in [1.165, 1.54) is 0 Å². The monoisotopic (exact) mass is 353 g/mol. The molecular weight excluding hydrogens is 330 g/mol. The zero-order chi connectivity index (χ0) is 17.5. The molecule has 0 aromatic heterocycles. The predicted octanol–water partition coefficient (Wildman–Crippen LogP) is 2.17. The standard InChI is InChI=1S/C16H23N3O4S/c1-4-23-16(20)19-9-7-18(8-10-19)15(24)17-13-6-5-12(21-2)11-14(13)22-3/h5-6,11H,4,7-10H2,1-3H3,(H,17,24). The van der Waals surface area contributed by atoms with Crippen LogP contribution in [0.1, 0.15) is 6.92 Å². The van der Waals surface area contributed by atoms with Crippen molar-refractivity contribution in [2.75, 3.05) is 52.3 Å². The number of hydrogen-bond donors (Lipinski definition) is 1. The van der Waals surface area contributed by atoms with Crippen LogP contribution < -0.4 is 14.8 Å². The SMILES string of the molecule is CCOC(=O)N1CCN(C(=S)Nc2ccc(OC)cc2OC)CC1. The van der Waals surface area contributed by atoms with E-state index in [-0.39, 0.29) is 6.09 Å². The van der Waals surface area contributed by atoms with Gasteiger partial charge in [0, 0.05) is 32.2 Å². The van der Waals surface area contributed by atoms with Crippen LogP contribution in [0.15, 0.2) is 18.2 Å². The Morgan fingerprint density at radius 3 is 2.42 bits per heavy atom. The summed E-state index contributed by atoms with van der Waals surface area (Å²) in [6, 6.07) is 5.49. The molecule has 1 aliphatic heterocycles. The first-order valence-electron chi connectivity index (χ1n) is 7.78. The lowest BCUT2D eigenvalue weighted by atomic mass is 10.2. The summed E-state index contributed by atoms with van der Waals surface area (Å²) in [6.45, 7) is 4.67. The quantitative estimate of drug-likeness (QED) is 0.832. The summed E-state index contributed by atoms with van der Waals surface area (Å²) < 4.78 is 15.6. The third-order valence-corrected chi connectivity index (χ3v) is 4.10. The fraction of sp³-hybridized carbons (Fsp3) is 0.500. The molecule has 132 valence electrons. The van der Waals surface area contributed by atoms with Crippen molar-refractivity contribution in [1.29, 1.82) is 0 Å². The Hall–Kier alpha value is -2.22. The second kappa shape index (κ2) is 8.58. The summed E-state index contributed by atoms with van der Waals surface area (Å²) >= 11 is 5.47. The molecule has 7 nitrogen and oxygen atoms in total. The number of amides is 1. The summed E-state index contributed by atoms with van der Waals surface area (Å²) in [5, 5.41) is 3.79. The highest BCUT2D eigenvalue weighted by Crippen LogP contribution is 2.29. The number of carbonyl (C=O) groups is 1. The van der Waals surface area contributed by atoms with Crippen LogP contribution in [0.25, 0.3) is 0 Å².